The molecule has 0 aliphatic rings. The summed E-state index contributed by atoms with van der Waals surface area (Å²) in [5.74, 6) is -1.11. The number of amides is 1. The largest absolute Gasteiger partial charge is 0.481 e. The molecular formula is C12H12N2O4. The Morgan fingerprint density at radius 3 is 3.00 bits per heavy atom. The van der Waals surface area contributed by atoms with Crippen LogP contribution in [0, 0.1) is 0 Å². The molecule has 0 saturated heterocycles. The van der Waals surface area contributed by atoms with Crippen molar-refractivity contribution in [3.63, 3.8) is 0 Å². The predicted octanol–water partition coefficient (Wildman–Crippen LogP) is 1.42. The molecule has 1 aromatic heterocycles. The number of nitrogens with one attached hydrogen (secondary N) is 1. The molecule has 1 amide bonds. The zero-order valence-corrected chi connectivity index (χ0v) is 9.55. The van der Waals surface area contributed by atoms with Crippen molar-refractivity contribution >= 4 is 23.0 Å². The fraction of sp³-hybridized carbons (Fsp3) is 0.250. The van der Waals surface area contributed by atoms with Gasteiger partial charge in [-0.3, -0.25) is 9.59 Å². The van der Waals surface area contributed by atoms with E-state index in [2.05, 4.69) is 10.3 Å². The molecule has 1 aromatic carbocycles. The number of oxazole rings is 1. The second-order valence-electron chi connectivity index (χ2n) is 3.79. The van der Waals surface area contributed by atoms with E-state index in [1.807, 2.05) is 0 Å². The summed E-state index contributed by atoms with van der Waals surface area (Å²) >= 11 is 0. The first-order valence-electron chi connectivity index (χ1n) is 5.50. The molecule has 6 heteroatoms. The van der Waals surface area contributed by atoms with Crippen LogP contribution in [0.1, 0.15) is 23.2 Å². The second-order valence-corrected chi connectivity index (χ2v) is 3.79. The predicted molar refractivity (Wildman–Crippen MR) is 63.2 cm³/mol. The lowest BCUT2D eigenvalue weighted by Gasteiger charge is -2.03. The van der Waals surface area contributed by atoms with Gasteiger partial charge in [0.05, 0.1) is 0 Å². The summed E-state index contributed by atoms with van der Waals surface area (Å²) in [6.07, 6.45) is 1.77. The number of hydrogen-bond acceptors (Lipinski definition) is 4. The van der Waals surface area contributed by atoms with Crippen LogP contribution in [-0.4, -0.2) is 28.5 Å². The molecule has 0 bridgehead atoms. The third-order valence-corrected chi connectivity index (χ3v) is 2.45. The third kappa shape index (κ3) is 2.85. The Hall–Kier alpha value is -2.37. The van der Waals surface area contributed by atoms with Gasteiger partial charge < -0.3 is 14.8 Å². The molecule has 0 unspecified atom stereocenters. The number of carbonyl (C=O) groups excluding carboxylic acids is 1. The minimum absolute atomic E-state index is 0.0442. The summed E-state index contributed by atoms with van der Waals surface area (Å²) in [6.45, 7) is 0.335. The van der Waals surface area contributed by atoms with Crippen molar-refractivity contribution in [1.29, 1.82) is 0 Å². The number of hydrogen-bond donors (Lipinski definition) is 2. The summed E-state index contributed by atoms with van der Waals surface area (Å²) in [4.78, 5) is 26.0. The van der Waals surface area contributed by atoms with Crippen molar-refractivity contribution in [2.75, 3.05) is 6.54 Å². The minimum atomic E-state index is -0.867. The molecule has 0 atom stereocenters. The Labute approximate surface area is 103 Å². The first-order valence-corrected chi connectivity index (χ1v) is 5.50. The van der Waals surface area contributed by atoms with Crippen molar-refractivity contribution in [3.8, 4) is 0 Å². The van der Waals surface area contributed by atoms with Crippen LogP contribution >= 0.6 is 0 Å². The van der Waals surface area contributed by atoms with Crippen molar-refractivity contribution < 1.29 is 19.1 Å². The van der Waals surface area contributed by atoms with Crippen LogP contribution < -0.4 is 5.32 Å². The molecule has 0 radical (unpaired) electrons. The lowest BCUT2D eigenvalue weighted by atomic mass is 10.2. The lowest BCUT2D eigenvalue weighted by molar-refractivity contribution is -0.137. The van der Waals surface area contributed by atoms with Crippen molar-refractivity contribution in [2.24, 2.45) is 0 Å². The van der Waals surface area contributed by atoms with Gasteiger partial charge in [0.25, 0.3) is 5.91 Å². The number of carboxylic acids is 1. The molecular weight excluding hydrogens is 236 g/mol. The SMILES string of the molecule is O=C(O)CCCNC(=O)c1ccc2ocnc2c1. The number of benzene rings is 1. The number of aromatic nitrogens is 1. The van der Waals surface area contributed by atoms with Gasteiger partial charge in [0.1, 0.15) is 5.52 Å². The first kappa shape index (κ1) is 12.1. The Kier molecular flexibility index (Phi) is 3.57. The van der Waals surface area contributed by atoms with Gasteiger partial charge >= 0.3 is 5.97 Å². The highest BCUT2D eigenvalue weighted by molar-refractivity contribution is 5.97. The maximum absolute atomic E-state index is 11.7. The molecule has 1 heterocycles. The summed E-state index contributed by atoms with van der Waals surface area (Å²) in [5.41, 5.74) is 1.72. The lowest BCUT2D eigenvalue weighted by Crippen LogP contribution is -2.24. The molecule has 6 nitrogen and oxygen atoms in total. The fourth-order valence-corrected chi connectivity index (χ4v) is 1.54. The molecule has 2 aromatic rings. The van der Waals surface area contributed by atoms with Crippen LogP contribution in [0.5, 0.6) is 0 Å². The average Bonchev–Trinajstić information content (AvgIpc) is 2.81. The van der Waals surface area contributed by atoms with Gasteiger partial charge in [-0.25, -0.2) is 4.98 Å². The van der Waals surface area contributed by atoms with Crippen LogP contribution in [0.3, 0.4) is 0 Å². The Bertz CT molecular complexity index is 576. The molecule has 0 aliphatic heterocycles. The average molecular weight is 248 g/mol. The molecule has 2 N–H and O–H groups in total. The van der Waals surface area contributed by atoms with Crippen molar-refractivity contribution in [2.45, 2.75) is 12.8 Å². The van der Waals surface area contributed by atoms with Crippen LogP contribution in [-0.2, 0) is 4.79 Å². The zero-order chi connectivity index (χ0) is 13.0. The van der Waals surface area contributed by atoms with Crippen LogP contribution in [0.2, 0.25) is 0 Å². The van der Waals surface area contributed by atoms with E-state index in [0.717, 1.165) is 0 Å². The maximum Gasteiger partial charge on any atom is 0.303 e. The minimum Gasteiger partial charge on any atom is -0.481 e. The number of carbonyl (C=O) groups is 2. The molecule has 0 aliphatic carbocycles. The summed E-state index contributed by atoms with van der Waals surface area (Å²) in [5, 5.41) is 11.1. The standard InChI is InChI=1S/C12H12N2O4/c15-11(16)2-1-5-13-12(17)8-3-4-10-9(6-8)14-7-18-10/h3-4,6-7H,1-2,5H2,(H,13,17)(H,15,16). The van der Waals surface area contributed by atoms with Gasteiger partial charge in [0, 0.05) is 18.5 Å². The third-order valence-electron chi connectivity index (χ3n) is 2.45. The van der Waals surface area contributed by atoms with E-state index in [1.165, 1.54) is 6.39 Å². The van der Waals surface area contributed by atoms with Crippen LogP contribution in [0.15, 0.2) is 29.0 Å². The maximum atomic E-state index is 11.7. The molecule has 0 saturated carbocycles. The van der Waals surface area contributed by atoms with Gasteiger partial charge in [-0.2, -0.15) is 0 Å². The van der Waals surface area contributed by atoms with Crippen molar-refractivity contribution in [1.82, 2.24) is 10.3 Å². The fourth-order valence-electron chi connectivity index (χ4n) is 1.54. The normalized spacial score (nSPS) is 10.4. The smallest absolute Gasteiger partial charge is 0.303 e. The molecule has 0 spiro atoms. The van der Waals surface area contributed by atoms with Crippen LogP contribution in [0.4, 0.5) is 0 Å². The first-order chi connectivity index (χ1) is 8.66. The molecule has 0 fully saturated rings. The highest BCUT2D eigenvalue weighted by Crippen LogP contribution is 2.13. The highest BCUT2D eigenvalue weighted by atomic mass is 16.4. The van der Waals surface area contributed by atoms with E-state index in [4.69, 9.17) is 9.52 Å². The van der Waals surface area contributed by atoms with Crippen LogP contribution in [0.25, 0.3) is 11.1 Å². The van der Waals surface area contributed by atoms with Gasteiger partial charge in [-0.05, 0) is 24.6 Å². The highest BCUT2D eigenvalue weighted by Gasteiger charge is 2.07. The monoisotopic (exact) mass is 248 g/mol. The number of carboxylic acid groups (broad SMARTS) is 1. The molecule has 2 rings (SSSR count). The van der Waals surface area contributed by atoms with Gasteiger partial charge in [0.15, 0.2) is 12.0 Å². The quantitative estimate of drug-likeness (QED) is 0.781. The molecule has 18 heavy (non-hydrogen) atoms. The van der Waals surface area contributed by atoms with Crippen molar-refractivity contribution in [3.05, 3.63) is 30.2 Å². The zero-order valence-electron chi connectivity index (χ0n) is 9.55. The van der Waals surface area contributed by atoms with E-state index in [9.17, 15) is 9.59 Å². The van der Waals surface area contributed by atoms with E-state index in [1.54, 1.807) is 18.2 Å². The number of rotatable bonds is 5. The Morgan fingerprint density at radius 1 is 1.39 bits per heavy atom. The second kappa shape index (κ2) is 5.31. The summed E-state index contributed by atoms with van der Waals surface area (Å²) in [6, 6.07) is 4.94. The summed E-state index contributed by atoms with van der Waals surface area (Å²) in [7, 11) is 0. The Balaban J connectivity index is 1.93. The summed E-state index contributed by atoms with van der Waals surface area (Å²) < 4.78 is 5.07. The molecule has 94 valence electrons. The van der Waals surface area contributed by atoms with E-state index in [0.29, 0.717) is 29.6 Å². The van der Waals surface area contributed by atoms with Gasteiger partial charge in [-0.1, -0.05) is 0 Å². The number of aliphatic carboxylic acids is 1. The van der Waals surface area contributed by atoms with Gasteiger partial charge in [-0.15, -0.1) is 0 Å². The number of fused-ring (bicyclic) bond motifs is 1. The topological polar surface area (TPSA) is 92.4 Å². The van der Waals surface area contributed by atoms with Gasteiger partial charge in [0.2, 0.25) is 0 Å². The number of nitrogens with zero attached hydrogens (tertiary/aromatic N) is 1. The van der Waals surface area contributed by atoms with E-state index >= 15 is 0 Å². The van der Waals surface area contributed by atoms with E-state index < -0.39 is 5.97 Å². The Morgan fingerprint density at radius 2 is 2.22 bits per heavy atom. The van der Waals surface area contributed by atoms with E-state index in [-0.39, 0.29) is 12.3 Å².